The van der Waals surface area contributed by atoms with E-state index in [0.717, 1.165) is 13.1 Å². The molecule has 6 heteroatoms. The smallest absolute Gasteiger partial charge is 0.274 e. The van der Waals surface area contributed by atoms with E-state index >= 15 is 0 Å². The van der Waals surface area contributed by atoms with Gasteiger partial charge in [-0.15, -0.1) is 10.2 Å². The van der Waals surface area contributed by atoms with Crippen LogP contribution in [-0.4, -0.2) is 47.2 Å². The van der Waals surface area contributed by atoms with Gasteiger partial charge in [0.25, 0.3) is 5.91 Å². The summed E-state index contributed by atoms with van der Waals surface area (Å²) >= 11 is 0. The highest BCUT2D eigenvalue weighted by Crippen LogP contribution is 2.18. The minimum absolute atomic E-state index is 0.0622. The molecule has 1 amide bonds. The van der Waals surface area contributed by atoms with Crippen LogP contribution in [0.25, 0.3) is 0 Å². The van der Waals surface area contributed by atoms with Gasteiger partial charge in [-0.2, -0.15) is 0 Å². The zero-order valence-electron chi connectivity index (χ0n) is 16.5. The Kier molecular flexibility index (Phi) is 5.70. The number of rotatable bonds is 5. The monoisotopic (exact) mass is 387 g/mol. The highest BCUT2D eigenvalue weighted by Gasteiger charge is 2.23. The molecule has 0 saturated carbocycles. The minimum atomic E-state index is -0.0622. The molecule has 1 aromatic heterocycles. The molecule has 1 atom stereocenters. The Balaban J connectivity index is 1.34. The maximum absolute atomic E-state index is 12.8. The summed E-state index contributed by atoms with van der Waals surface area (Å²) in [4.78, 5) is 16.9. The van der Waals surface area contributed by atoms with Gasteiger partial charge < -0.3 is 15.1 Å². The summed E-state index contributed by atoms with van der Waals surface area (Å²) in [6, 6.07) is 24.1. The molecule has 0 aliphatic carbocycles. The van der Waals surface area contributed by atoms with Gasteiger partial charge in [0.15, 0.2) is 5.69 Å². The molecular weight excluding hydrogens is 362 g/mol. The minimum Gasteiger partial charge on any atom is -0.368 e. The summed E-state index contributed by atoms with van der Waals surface area (Å²) in [5.41, 5.74) is 2.75. The SMILES string of the molecule is CC(Nc1ccc(C(=O)N2CCN(c3ccccc3)CC2)nn1)c1ccccc1. The van der Waals surface area contributed by atoms with Gasteiger partial charge in [0.05, 0.1) is 0 Å². The average Bonchev–Trinajstić information content (AvgIpc) is 2.80. The number of anilines is 2. The van der Waals surface area contributed by atoms with Gasteiger partial charge in [-0.3, -0.25) is 4.79 Å². The molecule has 1 fully saturated rings. The van der Waals surface area contributed by atoms with Gasteiger partial charge in [0, 0.05) is 37.9 Å². The number of carbonyl (C=O) groups is 1. The van der Waals surface area contributed by atoms with E-state index in [1.165, 1.54) is 11.3 Å². The summed E-state index contributed by atoms with van der Waals surface area (Å²) in [5.74, 6) is 0.597. The first kappa shape index (κ1) is 18.9. The number of hydrogen-bond donors (Lipinski definition) is 1. The van der Waals surface area contributed by atoms with Crippen LogP contribution in [0.4, 0.5) is 11.5 Å². The number of nitrogens with one attached hydrogen (secondary N) is 1. The van der Waals surface area contributed by atoms with E-state index in [0.29, 0.717) is 24.6 Å². The molecule has 148 valence electrons. The van der Waals surface area contributed by atoms with E-state index < -0.39 is 0 Å². The Morgan fingerprint density at radius 2 is 1.52 bits per heavy atom. The molecule has 1 aliphatic heterocycles. The van der Waals surface area contributed by atoms with Gasteiger partial charge >= 0.3 is 0 Å². The van der Waals surface area contributed by atoms with Crippen molar-refractivity contribution in [2.24, 2.45) is 0 Å². The maximum Gasteiger partial charge on any atom is 0.274 e. The molecule has 0 radical (unpaired) electrons. The first-order valence-electron chi connectivity index (χ1n) is 9.95. The highest BCUT2D eigenvalue weighted by atomic mass is 16.2. The van der Waals surface area contributed by atoms with Gasteiger partial charge in [-0.1, -0.05) is 48.5 Å². The molecule has 1 N–H and O–H groups in total. The van der Waals surface area contributed by atoms with Crippen molar-refractivity contribution in [3.8, 4) is 0 Å². The zero-order valence-corrected chi connectivity index (χ0v) is 16.5. The third-order valence-electron chi connectivity index (χ3n) is 5.24. The van der Waals surface area contributed by atoms with Crippen molar-refractivity contribution in [2.45, 2.75) is 13.0 Å². The van der Waals surface area contributed by atoms with Crippen LogP contribution in [0.2, 0.25) is 0 Å². The van der Waals surface area contributed by atoms with Crippen LogP contribution in [0.15, 0.2) is 72.8 Å². The molecule has 1 aliphatic rings. The number of piperazine rings is 1. The Hall–Kier alpha value is -3.41. The zero-order chi connectivity index (χ0) is 20.1. The number of aromatic nitrogens is 2. The molecule has 6 nitrogen and oxygen atoms in total. The van der Waals surface area contributed by atoms with Gasteiger partial charge in [-0.25, -0.2) is 0 Å². The third kappa shape index (κ3) is 4.54. The molecule has 2 aromatic carbocycles. The first-order chi connectivity index (χ1) is 14.2. The molecule has 0 bridgehead atoms. The van der Waals surface area contributed by atoms with Crippen LogP contribution in [0.5, 0.6) is 0 Å². The van der Waals surface area contributed by atoms with Crippen molar-refractivity contribution in [3.05, 3.63) is 84.1 Å². The standard InChI is InChI=1S/C23H25N5O/c1-18(19-8-4-2-5-9-19)24-22-13-12-21(25-26-22)23(29)28-16-14-27(15-17-28)20-10-6-3-7-11-20/h2-13,18H,14-17H2,1H3,(H,24,26). The van der Waals surface area contributed by atoms with Gasteiger partial charge in [0.1, 0.15) is 5.82 Å². The predicted molar refractivity (Wildman–Crippen MR) is 115 cm³/mol. The average molecular weight is 387 g/mol. The predicted octanol–water partition coefficient (Wildman–Crippen LogP) is 3.61. The quantitative estimate of drug-likeness (QED) is 0.725. The van der Waals surface area contributed by atoms with Crippen LogP contribution >= 0.6 is 0 Å². The Morgan fingerprint density at radius 3 is 2.14 bits per heavy atom. The van der Waals surface area contributed by atoms with Crippen molar-refractivity contribution in [1.82, 2.24) is 15.1 Å². The second-order valence-electron chi connectivity index (χ2n) is 7.20. The van der Waals surface area contributed by atoms with Crippen molar-refractivity contribution in [1.29, 1.82) is 0 Å². The summed E-state index contributed by atoms with van der Waals surface area (Å²) in [7, 11) is 0. The van der Waals surface area contributed by atoms with E-state index in [9.17, 15) is 4.79 Å². The van der Waals surface area contributed by atoms with Crippen LogP contribution in [-0.2, 0) is 0 Å². The molecule has 29 heavy (non-hydrogen) atoms. The lowest BCUT2D eigenvalue weighted by atomic mass is 10.1. The normalized spacial score (nSPS) is 15.1. The molecule has 3 aromatic rings. The van der Waals surface area contributed by atoms with Crippen LogP contribution < -0.4 is 10.2 Å². The van der Waals surface area contributed by atoms with E-state index in [1.54, 1.807) is 6.07 Å². The van der Waals surface area contributed by atoms with E-state index in [2.05, 4.69) is 51.6 Å². The molecule has 1 unspecified atom stereocenters. The second kappa shape index (κ2) is 8.73. The topological polar surface area (TPSA) is 61.4 Å². The maximum atomic E-state index is 12.8. The van der Waals surface area contributed by atoms with Crippen molar-refractivity contribution < 1.29 is 4.79 Å². The number of nitrogens with zero attached hydrogens (tertiary/aromatic N) is 4. The van der Waals surface area contributed by atoms with E-state index in [1.807, 2.05) is 47.4 Å². The summed E-state index contributed by atoms with van der Waals surface area (Å²) in [6.45, 7) is 5.07. The van der Waals surface area contributed by atoms with E-state index in [-0.39, 0.29) is 11.9 Å². The number of hydrogen-bond acceptors (Lipinski definition) is 5. The summed E-state index contributed by atoms with van der Waals surface area (Å²) in [6.07, 6.45) is 0. The Labute approximate surface area is 171 Å². The van der Waals surface area contributed by atoms with Crippen molar-refractivity contribution >= 4 is 17.4 Å². The Morgan fingerprint density at radius 1 is 0.862 bits per heavy atom. The fourth-order valence-corrected chi connectivity index (χ4v) is 3.54. The van der Waals surface area contributed by atoms with Crippen LogP contribution in [0.1, 0.15) is 29.0 Å². The van der Waals surface area contributed by atoms with Crippen molar-refractivity contribution in [3.63, 3.8) is 0 Å². The molecular formula is C23H25N5O. The lowest BCUT2D eigenvalue weighted by Gasteiger charge is -2.35. The number of amides is 1. The molecule has 0 spiro atoms. The first-order valence-corrected chi connectivity index (χ1v) is 9.95. The molecule has 1 saturated heterocycles. The molecule has 4 rings (SSSR count). The van der Waals surface area contributed by atoms with Crippen molar-refractivity contribution in [2.75, 3.05) is 36.4 Å². The molecule has 2 heterocycles. The highest BCUT2D eigenvalue weighted by molar-refractivity contribution is 5.92. The lowest BCUT2D eigenvalue weighted by Crippen LogP contribution is -2.49. The third-order valence-corrected chi connectivity index (χ3v) is 5.24. The van der Waals surface area contributed by atoms with Gasteiger partial charge in [-0.05, 0) is 36.8 Å². The fraction of sp³-hybridized carbons (Fsp3) is 0.261. The van der Waals surface area contributed by atoms with Crippen LogP contribution in [0, 0.1) is 0 Å². The largest absolute Gasteiger partial charge is 0.368 e. The number of carbonyl (C=O) groups excluding carboxylic acids is 1. The van der Waals surface area contributed by atoms with Gasteiger partial charge in [0.2, 0.25) is 0 Å². The lowest BCUT2D eigenvalue weighted by molar-refractivity contribution is 0.0739. The fourth-order valence-electron chi connectivity index (χ4n) is 3.54. The Bertz CT molecular complexity index is 923. The van der Waals surface area contributed by atoms with Crippen LogP contribution in [0.3, 0.4) is 0 Å². The summed E-state index contributed by atoms with van der Waals surface area (Å²) in [5, 5.41) is 11.7. The van der Waals surface area contributed by atoms with E-state index in [4.69, 9.17) is 0 Å². The second-order valence-corrected chi connectivity index (χ2v) is 7.20. The number of benzene rings is 2. The number of para-hydroxylation sites is 1. The summed E-state index contributed by atoms with van der Waals surface area (Å²) < 4.78 is 0.